The van der Waals surface area contributed by atoms with Crippen LogP contribution < -0.4 is 5.32 Å². The van der Waals surface area contributed by atoms with Crippen LogP contribution in [0, 0.1) is 5.92 Å². The van der Waals surface area contributed by atoms with Gasteiger partial charge in [0.15, 0.2) is 0 Å². The molecule has 0 radical (unpaired) electrons. The lowest BCUT2D eigenvalue weighted by Gasteiger charge is -2.31. The molecule has 1 N–H and O–H groups in total. The minimum absolute atomic E-state index is 0.483. The summed E-state index contributed by atoms with van der Waals surface area (Å²) in [6, 6.07) is 0.489. The molecule has 0 aliphatic heterocycles. The minimum Gasteiger partial charge on any atom is -0.312 e. The van der Waals surface area contributed by atoms with Crippen molar-refractivity contribution in [1.82, 2.24) is 10.2 Å². The van der Waals surface area contributed by atoms with Crippen LogP contribution in [0.15, 0.2) is 0 Å². The largest absolute Gasteiger partial charge is 0.401 e. The molecule has 19 heavy (non-hydrogen) atoms. The predicted octanol–water partition coefficient (Wildman–Crippen LogP) is 3.43. The molecule has 0 aromatic rings. The number of nitrogens with zero attached hydrogens (tertiary/aromatic N) is 1. The van der Waals surface area contributed by atoms with Crippen molar-refractivity contribution in [3.05, 3.63) is 0 Å². The van der Waals surface area contributed by atoms with Crippen molar-refractivity contribution in [2.75, 3.05) is 26.2 Å². The molecule has 5 heteroatoms. The summed E-state index contributed by atoms with van der Waals surface area (Å²) in [5.41, 5.74) is 0. The molecule has 0 aromatic heterocycles. The summed E-state index contributed by atoms with van der Waals surface area (Å²) in [6.07, 6.45) is 1.59. The summed E-state index contributed by atoms with van der Waals surface area (Å²) in [5, 5.41) is 3.44. The van der Waals surface area contributed by atoms with E-state index in [0.717, 1.165) is 12.8 Å². The second kappa shape index (κ2) is 8.10. The van der Waals surface area contributed by atoms with Gasteiger partial charge in [0.25, 0.3) is 0 Å². The fraction of sp³-hybridized carbons (Fsp3) is 1.00. The van der Waals surface area contributed by atoms with E-state index in [0.29, 0.717) is 31.6 Å². The Balaban J connectivity index is 2.27. The van der Waals surface area contributed by atoms with Crippen LogP contribution in [0.5, 0.6) is 0 Å². The van der Waals surface area contributed by atoms with E-state index in [1.54, 1.807) is 0 Å². The van der Waals surface area contributed by atoms with Gasteiger partial charge in [0, 0.05) is 19.1 Å². The van der Waals surface area contributed by atoms with Crippen molar-refractivity contribution in [3.8, 4) is 0 Å². The summed E-state index contributed by atoms with van der Waals surface area (Å²) in [7, 11) is 0. The molecule has 2 unspecified atom stereocenters. The number of halogens is 3. The van der Waals surface area contributed by atoms with E-state index in [-0.39, 0.29) is 0 Å². The number of alkyl halides is 3. The minimum atomic E-state index is -4.09. The van der Waals surface area contributed by atoms with Crippen molar-refractivity contribution in [2.45, 2.75) is 58.2 Å². The summed E-state index contributed by atoms with van der Waals surface area (Å²) in [5.74, 6) is 0.649. The van der Waals surface area contributed by atoms with E-state index >= 15 is 0 Å². The molecule has 1 aliphatic carbocycles. The predicted molar refractivity (Wildman–Crippen MR) is 72.2 cm³/mol. The Hall–Kier alpha value is -0.290. The molecule has 0 saturated heterocycles. The molecular formula is C14H27F3N2. The molecule has 0 heterocycles. The van der Waals surface area contributed by atoms with Crippen LogP contribution in [0.1, 0.15) is 46.0 Å². The smallest absolute Gasteiger partial charge is 0.312 e. The Morgan fingerprint density at radius 2 is 1.84 bits per heavy atom. The zero-order valence-electron chi connectivity index (χ0n) is 12.1. The Kier molecular flexibility index (Phi) is 7.15. The Labute approximate surface area is 114 Å². The summed E-state index contributed by atoms with van der Waals surface area (Å²) < 4.78 is 37.2. The maximum Gasteiger partial charge on any atom is 0.401 e. The van der Waals surface area contributed by atoms with Crippen molar-refractivity contribution < 1.29 is 13.2 Å². The first-order valence-electron chi connectivity index (χ1n) is 7.45. The highest BCUT2D eigenvalue weighted by Crippen LogP contribution is 2.23. The zero-order chi connectivity index (χ0) is 14.3. The monoisotopic (exact) mass is 280 g/mol. The van der Waals surface area contributed by atoms with Gasteiger partial charge in [0.05, 0.1) is 6.54 Å². The summed E-state index contributed by atoms with van der Waals surface area (Å²) >= 11 is 0. The van der Waals surface area contributed by atoms with Gasteiger partial charge in [-0.1, -0.05) is 26.7 Å². The number of hydrogen-bond acceptors (Lipinski definition) is 2. The molecule has 2 atom stereocenters. The van der Waals surface area contributed by atoms with Gasteiger partial charge in [-0.25, -0.2) is 0 Å². The first kappa shape index (κ1) is 16.8. The standard InChI is InChI=1S/C14H27F3N2/c1-3-9-19(11-14(15,16)17)10-8-18-13-7-5-4-6-12(13)2/h12-13,18H,3-11H2,1-2H3. The van der Waals surface area contributed by atoms with Gasteiger partial charge in [-0.05, 0) is 31.7 Å². The lowest BCUT2D eigenvalue weighted by molar-refractivity contribution is -0.145. The number of rotatable bonds is 7. The fourth-order valence-electron chi connectivity index (χ4n) is 2.87. The summed E-state index contributed by atoms with van der Waals surface area (Å²) in [4.78, 5) is 1.50. The highest BCUT2D eigenvalue weighted by molar-refractivity contribution is 4.78. The van der Waals surface area contributed by atoms with E-state index in [1.807, 2.05) is 6.92 Å². The molecule has 0 bridgehead atoms. The van der Waals surface area contributed by atoms with Gasteiger partial charge in [-0.15, -0.1) is 0 Å². The van der Waals surface area contributed by atoms with Crippen LogP contribution >= 0.6 is 0 Å². The molecule has 1 aliphatic rings. The van der Waals surface area contributed by atoms with Crippen molar-refractivity contribution in [2.24, 2.45) is 5.92 Å². The summed E-state index contributed by atoms with van der Waals surface area (Å²) in [6.45, 7) is 5.02. The van der Waals surface area contributed by atoms with Crippen LogP contribution in [-0.4, -0.2) is 43.3 Å². The third-order valence-electron chi connectivity index (χ3n) is 3.89. The number of hydrogen-bond donors (Lipinski definition) is 1. The maximum absolute atomic E-state index is 12.4. The van der Waals surface area contributed by atoms with Crippen LogP contribution in [-0.2, 0) is 0 Å². The molecule has 1 fully saturated rings. The van der Waals surface area contributed by atoms with Gasteiger partial charge in [0.2, 0.25) is 0 Å². The average molecular weight is 280 g/mol. The van der Waals surface area contributed by atoms with Crippen molar-refractivity contribution >= 4 is 0 Å². The van der Waals surface area contributed by atoms with Crippen molar-refractivity contribution in [3.63, 3.8) is 0 Å². The second-order valence-corrected chi connectivity index (χ2v) is 5.71. The number of nitrogens with one attached hydrogen (secondary N) is 1. The third kappa shape index (κ3) is 7.16. The first-order chi connectivity index (χ1) is 8.92. The van der Waals surface area contributed by atoms with Crippen LogP contribution in [0.25, 0.3) is 0 Å². The van der Waals surface area contributed by atoms with E-state index in [4.69, 9.17) is 0 Å². The van der Waals surface area contributed by atoms with Gasteiger partial charge in [-0.3, -0.25) is 4.90 Å². The molecule has 1 saturated carbocycles. The maximum atomic E-state index is 12.4. The van der Waals surface area contributed by atoms with Gasteiger partial charge in [-0.2, -0.15) is 13.2 Å². The molecule has 0 amide bonds. The SMILES string of the molecule is CCCN(CCNC1CCCCC1C)CC(F)(F)F. The molecule has 114 valence electrons. The first-order valence-corrected chi connectivity index (χ1v) is 7.45. The van der Waals surface area contributed by atoms with Crippen LogP contribution in [0.4, 0.5) is 13.2 Å². The van der Waals surface area contributed by atoms with Gasteiger partial charge >= 0.3 is 6.18 Å². The molecular weight excluding hydrogens is 253 g/mol. The van der Waals surface area contributed by atoms with Crippen LogP contribution in [0.3, 0.4) is 0 Å². The average Bonchev–Trinajstić information content (AvgIpc) is 2.30. The molecule has 2 nitrogen and oxygen atoms in total. The van der Waals surface area contributed by atoms with Crippen LogP contribution in [0.2, 0.25) is 0 Å². The van der Waals surface area contributed by atoms with E-state index in [9.17, 15) is 13.2 Å². The highest BCUT2D eigenvalue weighted by atomic mass is 19.4. The quantitative estimate of drug-likeness (QED) is 0.768. The molecule has 0 aromatic carbocycles. The third-order valence-corrected chi connectivity index (χ3v) is 3.89. The van der Waals surface area contributed by atoms with E-state index in [1.165, 1.54) is 24.2 Å². The lowest BCUT2D eigenvalue weighted by atomic mass is 9.86. The Morgan fingerprint density at radius 3 is 2.42 bits per heavy atom. The Bertz CT molecular complexity index is 243. The Morgan fingerprint density at radius 1 is 1.16 bits per heavy atom. The van der Waals surface area contributed by atoms with Crippen molar-refractivity contribution in [1.29, 1.82) is 0 Å². The topological polar surface area (TPSA) is 15.3 Å². The van der Waals surface area contributed by atoms with Gasteiger partial charge < -0.3 is 5.32 Å². The lowest BCUT2D eigenvalue weighted by Crippen LogP contribution is -2.43. The fourth-order valence-corrected chi connectivity index (χ4v) is 2.87. The highest BCUT2D eigenvalue weighted by Gasteiger charge is 2.30. The van der Waals surface area contributed by atoms with Gasteiger partial charge in [0.1, 0.15) is 0 Å². The zero-order valence-corrected chi connectivity index (χ0v) is 12.1. The van der Waals surface area contributed by atoms with E-state index < -0.39 is 12.7 Å². The molecule has 1 rings (SSSR count). The second-order valence-electron chi connectivity index (χ2n) is 5.71. The normalized spacial score (nSPS) is 24.9. The van der Waals surface area contributed by atoms with E-state index in [2.05, 4.69) is 12.2 Å². The molecule has 0 spiro atoms.